The number of aromatic nitrogens is 4. The van der Waals surface area contributed by atoms with E-state index in [-0.39, 0.29) is 0 Å². The van der Waals surface area contributed by atoms with Crippen LogP contribution in [0.1, 0.15) is 31.2 Å². The van der Waals surface area contributed by atoms with Crippen LogP contribution in [0.4, 0.5) is 0 Å². The van der Waals surface area contributed by atoms with Gasteiger partial charge < -0.3 is 9.64 Å². The second kappa shape index (κ2) is 8.90. The van der Waals surface area contributed by atoms with Crippen LogP contribution in [0, 0.1) is 17.8 Å². The highest BCUT2D eigenvalue weighted by Gasteiger charge is 2.55. The molecule has 0 spiro atoms. The van der Waals surface area contributed by atoms with E-state index in [1.807, 2.05) is 0 Å². The van der Waals surface area contributed by atoms with E-state index in [1.165, 1.54) is 64.0 Å². The maximum Gasteiger partial charge on any atom is 0.179 e. The smallest absolute Gasteiger partial charge is 0.179 e. The molecule has 2 aromatic rings. The van der Waals surface area contributed by atoms with Gasteiger partial charge in [-0.3, -0.25) is 4.90 Å². The maximum atomic E-state index is 6.02. The Morgan fingerprint density at radius 2 is 1.79 bits per heavy atom. The first-order chi connectivity index (χ1) is 14.4. The van der Waals surface area contributed by atoms with E-state index < -0.39 is 0 Å². The number of fused-ring (bicyclic) bond motifs is 1. The van der Waals surface area contributed by atoms with Gasteiger partial charge in [-0.05, 0) is 66.1 Å². The van der Waals surface area contributed by atoms with Crippen LogP contribution in [-0.2, 0) is 11.3 Å². The van der Waals surface area contributed by atoms with Crippen LogP contribution < -0.4 is 0 Å². The lowest BCUT2D eigenvalue weighted by molar-refractivity contribution is 0.0967. The fraction of sp³-hybridized carbons (Fsp3) is 0.682. The standard InChI is InChI=1S/C22H32N6O/c1-2-9-27(10-3-1)11-4-12-29-16-21-19-14-28(15-20(19)21)13-17-5-7-18(8-6-17)22-23-25-26-24-22/h5-8,19-21H,1-4,9-16H2,(H,23,24,25,26)/t19-,20+,21+. The van der Waals surface area contributed by atoms with E-state index in [0.717, 1.165) is 48.9 Å². The Labute approximate surface area is 172 Å². The van der Waals surface area contributed by atoms with Crippen LogP contribution in [-0.4, -0.2) is 76.4 Å². The molecule has 1 N–H and O–H groups in total. The Balaban J connectivity index is 0.976. The van der Waals surface area contributed by atoms with Crippen molar-refractivity contribution in [3.8, 4) is 11.4 Å². The monoisotopic (exact) mass is 396 g/mol. The van der Waals surface area contributed by atoms with Crippen LogP contribution in [0.5, 0.6) is 0 Å². The molecule has 7 nitrogen and oxygen atoms in total. The van der Waals surface area contributed by atoms with Gasteiger partial charge in [0.25, 0.3) is 0 Å². The number of H-pyrrole nitrogens is 1. The molecule has 0 unspecified atom stereocenters. The summed E-state index contributed by atoms with van der Waals surface area (Å²) >= 11 is 0. The van der Waals surface area contributed by atoms with Gasteiger partial charge >= 0.3 is 0 Å². The van der Waals surface area contributed by atoms with E-state index in [9.17, 15) is 0 Å². The molecular weight excluding hydrogens is 364 g/mol. The average Bonchev–Trinajstić information content (AvgIpc) is 3.15. The first-order valence-electron chi connectivity index (χ1n) is 11.2. The molecule has 0 bridgehead atoms. The minimum absolute atomic E-state index is 0.720. The molecule has 3 fully saturated rings. The quantitative estimate of drug-likeness (QED) is 0.657. The van der Waals surface area contributed by atoms with Gasteiger partial charge in [0, 0.05) is 38.3 Å². The number of likely N-dealkylation sites (tertiary alicyclic amines) is 2. The number of hydrogen-bond donors (Lipinski definition) is 1. The first-order valence-corrected chi connectivity index (χ1v) is 11.2. The number of aromatic amines is 1. The van der Waals surface area contributed by atoms with Crippen molar-refractivity contribution < 1.29 is 4.74 Å². The molecule has 1 aromatic heterocycles. The van der Waals surface area contributed by atoms with Gasteiger partial charge in [0.15, 0.2) is 5.82 Å². The average molecular weight is 397 g/mol. The molecule has 2 saturated heterocycles. The van der Waals surface area contributed by atoms with Crippen molar-refractivity contribution in [1.29, 1.82) is 0 Å². The number of hydrogen-bond acceptors (Lipinski definition) is 6. The highest BCUT2D eigenvalue weighted by molar-refractivity contribution is 5.54. The van der Waals surface area contributed by atoms with Crippen molar-refractivity contribution in [1.82, 2.24) is 30.4 Å². The highest BCUT2D eigenvalue weighted by atomic mass is 16.5. The highest BCUT2D eigenvalue weighted by Crippen LogP contribution is 2.52. The van der Waals surface area contributed by atoms with Gasteiger partial charge in [0.2, 0.25) is 0 Å². The topological polar surface area (TPSA) is 70.2 Å². The van der Waals surface area contributed by atoms with E-state index in [4.69, 9.17) is 4.74 Å². The molecule has 1 saturated carbocycles. The summed E-state index contributed by atoms with van der Waals surface area (Å²) in [4.78, 5) is 5.19. The molecule has 5 rings (SSSR count). The van der Waals surface area contributed by atoms with Gasteiger partial charge in [0.05, 0.1) is 6.61 Å². The van der Waals surface area contributed by atoms with E-state index >= 15 is 0 Å². The molecule has 1 aromatic carbocycles. The minimum atomic E-state index is 0.720. The third-order valence-corrected chi connectivity index (χ3v) is 6.95. The van der Waals surface area contributed by atoms with Crippen molar-refractivity contribution >= 4 is 0 Å². The van der Waals surface area contributed by atoms with Crippen molar-refractivity contribution in [2.24, 2.45) is 17.8 Å². The Bertz CT molecular complexity index is 746. The molecule has 29 heavy (non-hydrogen) atoms. The van der Waals surface area contributed by atoms with Crippen molar-refractivity contribution in [3.05, 3.63) is 29.8 Å². The largest absolute Gasteiger partial charge is 0.381 e. The van der Waals surface area contributed by atoms with Crippen LogP contribution in [0.2, 0.25) is 0 Å². The Hall–Kier alpha value is -1.83. The molecular formula is C22H32N6O. The lowest BCUT2D eigenvalue weighted by Gasteiger charge is -2.26. The third kappa shape index (κ3) is 4.68. The SMILES string of the molecule is c1cc(-c2nnn[nH]2)ccc1CN1C[C@@H]2[C@@H](COCCCN3CCCCC3)[C@@H]2C1. The summed E-state index contributed by atoms with van der Waals surface area (Å²) < 4.78 is 6.02. The summed E-state index contributed by atoms with van der Waals surface area (Å²) in [5.74, 6) is 3.24. The lowest BCUT2D eigenvalue weighted by Crippen LogP contribution is -2.31. The van der Waals surface area contributed by atoms with Gasteiger partial charge in [0.1, 0.15) is 0 Å². The second-order valence-corrected chi connectivity index (χ2v) is 8.96. The molecule has 156 valence electrons. The zero-order valence-corrected chi connectivity index (χ0v) is 17.2. The summed E-state index contributed by atoms with van der Waals surface area (Å²) in [5.41, 5.74) is 2.38. The summed E-state index contributed by atoms with van der Waals surface area (Å²) in [6.07, 6.45) is 5.37. The summed E-state index contributed by atoms with van der Waals surface area (Å²) in [6.45, 7) is 9.19. The number of nitrogens with one attached hydrogen (secondary N) is 1. The third-order valence-electron chi connectivity index (χ3n) is 6.95. The lowest BCUT2D eigenvalue weighted by atomic mass is 10.1. The molecule has 3 heterocycles. The first kappa shape index (κ1) is 19.2. The van der Waals surface area contributed by atoms with Crippen LogP contribution in [0.3, 0.4) is 0 Å². The van der Waals surface area contributed by atoms with Gasteiger partial charge in [-0.1, -0.05) is 30.7 Å². The second-order valence-electron chi connectivity index (χ2n) is 8.96. The molecule has 2 aliphatic heterocycles. The zero-order valence-electron chi connectivity index (χ0n) is 17.2. The van der Waals surface area contributed by atoms with Crippen LogP contribution >= 0.6 is 0 Å². The van der Waals surface area contributed by atoms with Crippen LogP contribution in [0.15, 0.2) is 24.3 Å². The van der Waals surface area contributed by atoms with Gasteiger partial charge in [-0.2, -0.15) is 0 Å². The molecule has 3 atom stereocenters. The fourth-order valence-corrected chi connectivity index (χ4v) is 5.21. The number of piperidine rings is 2. The molecule has 1 aliphatic carbocycles. The van der Waals surface area contributed by atoms with E-state index in [1.54, 1.807) is 0 Å². The summed E-state index contributed by atoms with van der Waals surface area (Å²) in [7, 11) is 0. The van der Waals surface area contributed by atoms with Crippen molar-refractivity contribution in [2.45, 2.75) is 32.2 Å². The van der Waals surface area contributed by atoms with Gasteiger partial charge in [-0.25, -0.2) is 5.10 Å². The normalized spacial score (nSPS) is 27.2. The number of benzene rings is 1. The van der Waals surface area contributed by atoms with E-state index in [2.05, 4.69) is 54.7 Å². The molecule has 0 radical (unpaired) electrons. The summed E-state index contributed by atoms with van der Waals surface area (Å²) in [6, 6.07) is 8.55. The number of nitrogens with zero attached hydrogens (tertiary/aromatic N) is 5. The van der Waals surface area contributed by atoms with Crippen molar-refractivity contribution in [3.63, 3.8) is 0 Å². The zero-order chi connectivity index (χ0) is 19.5. The number of tetrazole rings is 1. The van der Waals surface area contributed by atoms with Gasteiger partial charge in [-0.15, -0.1) is 5.10 Å². The Morgan fingerprint density at radius 3 is 2.52 bits per heavy atom. The van der Waals surface area contributed by atoms with Crippen molar-refractivity contribution in [2.75, 3.05) is 45.9 Å². The molecule has 7 heteroatoms. The summed E-state index contributed by atoms with van der Waals surface area (Å²) in [5, 5.41) is 14.0. The number of rotatable bonds is 9. The predicted molar refractivity (Wildman–Crippen MR) is 111 cm³/mol. The fourth-order valence-electron chi connectivity index (χ4n) is 5.21. The van der Waals surface area contributed by atoms with E-state index in [0.29, 0.717) is 0 Å². The Morgan fingerprint density at radius 1 is 1.00 bits per heavy atom. The molecule has 3 aliphatic rings. The van der Waals surface area contributed by atoms with Crippen LogP contribution in [0.25, 0.3) is 11.4 Å². The minimum Gasteiger partial charge on any atom is -0.381 e. The molecule has 0 amide bonds. The Kier molecular flexibility index (Phi) is 5.88. The number of ether oxygens (including phenoxy) is 1. The maximum absolute atomic E-state index is 6.02. The predicted octanol–water partition coefficient (Wildman–Crippen LogP) is 2.44.